The van der Waals surface area contributed by atoms with Gasteiger partial charge in [-0.15, -0.1) is 0 Å². The van der Waals surface area contributed by atoms with Gasteiger partial charge >= 0.3 is 0 Å². The van der Waals surface area contributed by atoms with Gasteiger partial charge in [-0.05, 0) is 13.1 Å². The lowest BCUT2D eigenvalue weighted by Gasteiger charge is -2.21. The summed E-state index contributed by atoms with van der Waals surface area (Å²) in [6.45, 7) is 9.48. The summed E-state index contributed by atoms with van der Waals surface area (Å²) in [5.74, 6) is 0.883. The SMILES string of the molecule is C=CN(C)C1=C(C)C(=C)NC=N1. The minimum Gasteiger partial charge on any atom is -0.346 e. The Hall–Kier alpha value is -1.51. The molecule has 0 radical (unpaired) electrons. The van der Waals surface area contributed by atoms with Crippen molar-refractivity contribution in [1.29, 1.82) is 0 Å². The first-order chi connectivity index (χ1) is 5.66. The molecule has 12 heavy (non-hydrogen) atoms. The maximum absolute atomic E-state index is 4.17. The molecule has 0 fully saturated rings. The van der Waals surface area contributed by atoms with E-state index in [4.69, 9.17) is 0 Å². The second-order valence-electron chi connectivity index (χ2n) is 2.62. The predicted molar refractivity (Wildman–Crippen MR) is 51.4 cm³/mol. The van der Waals surface area contributed by atoms with Crippen LogP contribution in [0.15, 0.2) is 41.4 Å². The Bertz CT molecular complexity index is 273. The first-order valence-corrected chi connectivity index (χ1v) is 3.71. The summed E-state index contributed by atoms with van der Waals surface area (Å²) in [6.07, 6.45) is 3.35. The molecule has 0 spiro atoms. The van der Waals surface area contributed by atoms with Crippen LogP contribution in [-0.4, -0.2) is 18.3 Å². The van der Waals surface area contributed by atoms with E-state index in [9.17, 15) is 0 Å². The molecule has 3 heteroatoms. The van der Waals surface area contributed by atoms with Crippen molar-refractivity contribution in [2.45, 2.75) is 6.92 Å². The largest absolute Gasteiger partial charge is 0.346 e. The molecule has 1 rings (SSSR count). The standard InChI is InChI=1S/C9H13N3/c1-5-12(4)9-7(2)8(3)10-6-11-9/h5-6H,1,3H2,2,4H3,(H,10,11). The molecule has 0 saturated carbocycles. The Morgan fingerprint density at radius 3 is 2.92 bits per heavy atom. The van der Waals surface area contributed by atoms with Gasteiger partial charge in [0.2, 0.25) is 0 Å². The van der Waals surface area contributed by atoms with E-state index >= 15 is 0 Å². The summed E-state index contributed by atoms with van der Waals surface area (Å²) in [7, 11) is 1.90. The lowest BCUT2D eigenvalue weighted by molar-refractivity contribution is 0.553. The molecule has 1 N–H and O–H groups in total. The summed E-state index contributed by atoms with van der Waals surface area (Å²) in [4.78, 5) is 6.03. The third-order valence-electron chi connectivity index (χ3n) is 1.82. The fourth-order valence-electron chi connectivity index (χ4n) is 0.953. The van der Waals surface area contributed by atoms with Gasteiger partial charge in [-0.25, -0.2) is 4.99 Å². The fourth-order valence-corrected chi connectivity index (χ4v) is 0.953. The van der Waals surface area contributed by atoms with E-state index < -0.39 is 0 Å². The zero-order chi connectivity index (χ0) is 9.14. The van der Waals surface area contributed by atoms with Crippen LogP contribution >= 0.6 is 0 Å². The summed E-state index contributed by atoms with van der Waals surface area (Å²) in [5.41, 5.74) is 1.92. The lowest BCUT2D eigenvalue weighted by Crippen LogP contribution is -2.21. The number of rotatable bonds is 2. The topological polar surface area (TPSA) is 27.6 Å². The van der Waals surface area contributed by atoms with Gasteiger partial charge in [0.05, 0.1) is 6.34 Å². The zero-order valence-corrected chi connectivity index (χ0v) is 7.46. The van der Waals surface area contributed by atoms with Crippen molar-refractivity contribution < 1.29 is 0 Å². The van der Waals surface area contributed by atoms with Crippen molar-refractivity contribution in [3.63, 3.8) is 0 Å². The maximum atomic E-state index is 4.17. The molecule has 3 nitrogen and oxygen atoms in total. The van der Waals surface area contributed by atoms with E-state index in [1.807, 2.05) is 18.9 Å². The molecule has 0 aromatic carbocycles. The van der Waals surface area contributed by atoms with E-state index in [0.29, 0.717) is 0 Å². The monoisotopic (exact) mass is 163 g/mol. The van der Waals surface area contributed by atoms with Crippen molar-refractivity contribution in [1.82, 2.24) is 10.2 Å². The third kappa shape index (κ3) is 1.39. The number of allylic oxidation sites excluding steroid dienone is 1. The van der Waals surface area contributed by atoms with Crippen LogP contribution in [0.3, 0.4) is 0 Å². The van der Waals surface area contributed by atoms with Crippen LogP contribution < -0.4 is 5.32 Å². The molecule has 0 atom stereocenters. The molecule has 0 bridgehead atoms. The molecule has 0 amide bonds. The number of aliphatic imine (C=N–C) groups is 1. The van der Waals surface area contributed by atoms with E-state index in [1.54, 1.807) is 12.5 Å². The second-order valence-corrected chi connectivity index (χ2v) is 2.62. The van der Waals surface area contributed by atoms with E-state index in [2.05, 4.69) is 23.5 Å². The molecule has 64 valence electrons. The number of nitrogens with zero attached hydrogens (tertiary/aromatic N) is 2. The van der Waals surface area contributed by atoms with Crippen molar-refractivity contribution >= 4 is 6.34 Å². The highest BCUT2D eigenvalue weighted by Crippen LogP contribution is 2.17. The normalized spacial score (nSPS) is 16.0. The van der Waals surface area contributed by atoms with Crippen molar-refractivity contribution in [2.75, 3.05) is 7.05 Å². The Morgan fingerprint density at radius 1 is 1.67 bits per heavy atom. The van der Waals surface area contributed by atoms with Crippen molar-refractivity contribution in [3.8, 4) is 0 Å². The molecular formula is C9H13N3. The zero-order valence-electron chi connectivity index (χ0n) is 7.46. The number of hydrogen-bond acceptors (Lipinski definition) is 3. The Morgan fingerprint density at radius 2 is 2.33 bits per heavy atom. The molecule has 1 aliphatic heterocycles. The Balaban J connectivity index is 3.00. The van der Waals surface area contributed by atoms with Gasteiger partial charge in [-0.1, -0.05) is 13.2 Å². The fraction of sp³-hybridized carbons (Fsp3) is 0.222. The van der Waals surface area contributed by atoms with Gasteiger partial charge in [0.1, 0.15) is 5.82 Å². The minimum atomic E-state index is 0.883. The Kier molecular flexibility index (Phi) is 2.33. The van der Waals surface area contributed by atoms with Crippen LogP contribution in [0.1, 0.15) is 6.92 Å². The summed E-state index contributed by atoms with van der Waals surface area (Å²) in [5, 5.41) is 2.94. The van der Waals surface area contributed by atoms with Crippen molar-refractivity contribution in [2.24, 2.45) is 4.99 Å². The molecule has 0 aliphatic carbocycles. The molecule has 1 heterocycles. The van der Waals surface area contributed by atoms with Crippen LogP contribution in [0.2, 0.25) is 0 Å². The van der Waals surface area contributed by atoms with Gasteiger partial charge in [0.15, 0.2) is 0 Å². The summed E-state index contributed by atoms with van der Waals surface area (Å²) in [6, 6.07) is 0. The van der Waals surface area contributed by atoms with Gasteiger partial charge in [-0.3, -0.25) is 0 Å². The van der Waals surface area contributed by atoms with Gasteiger partial charge < -0.3 is 10.2 Å². The number of hydrogen-bond donors (Lipinski definition) is 1. The molecule has 0 aromatic heterocycles. The first-order valence-electron chi connectivity index (χ1n) is 3.71. The summed E-state index contributed by atoms with van der Waals surface area (Å²) < 4.78 is 0. The van der Waals surface area contributed by atoms with Crippen LogP contribution in [0.4, 0.5) is 0 Å². The van der Waals surface area contributed by atoms with E-state index in [0.717, 1.165) is 17.1 Å². The highest BCUT2D eigenvalue weighted by molar-refractivity contribution is 5.64. The smallest absolute Gasteiger partial charge is 0.138 e. The van der Waals surface area contributed by atoms with Crippen LogP contribution in [0.25, 0.3) is 0 Å². The predicted octanol–water partition coefficient (Wildman–Crippen LogP) is 1.44. The lowest BCUT2D eigenvalue weighted by atomic mass is 10.2. The number of nitrogens with one attached hydrogen (secondary N) is 1. The highest BCUT2D eigenvalue weighted by atomic mass is 15.2. The maximum Gasteiger partial charge on any atom is 0.138 e. The molecule has 0 unspecified atom stereocenters. The Labute approximate surface area is 72.8 Å². The van der Waals surface area contributed by atoms with Crippen LogP contribution in [0.5, 0.6) is 0 Å². The summed E-state index contributed by atoms with van der Waals surface area (Å²) >= 11 is 0. The average Bonchev–Trinajstić information content (AvgIpc) is 2.08. The van der Waals surface area contributed by atoms with E-state index in [1.165, 1.54) is 0 Å². The van der Waals surface area contributed by atoms with Crippen LogP contribution in [0, 0.1) is 0 Å². The van der Waals surface area contributed by atoms with Crippen molar-refractivity contribution in [3.05, 3.63) is 36.4 Å². The van der Waals surface area contributed by atoms with Gasteiger partial charge in [0, 0.05) is 18.3 Å². The van der Waals surface area contributed by atoms with E-state index in [-0.39, 0.29) is 0 Å². The quantitative estimate of drug-likeness (QED) is 0.667. The minimum absolute atomic E-state index is 0.883. The highest BCUT2D eigenvalue weighted by Gasteiger charge is 2.10. The average molecular weight is 163 g/mol. The first kappa shape index (κ1) is 8.59. The third-order valence-corrected chi connectivity index (χ3v) is 1.82. The molecule has 1 aliphatic rings. The van der Waals surface area contributed by atoms with Gasteiger partial charge in [0.25, 0.3) is 0 Å². The molecule has 0 saturated heterocycles. The van der Waals surface area contributed by atoms with Gasteiger partial charge in [-0.2, -0.15) is 0 Å². The second kappa shape index (κ2) is 3.26. The molecule has 0 aromatic rings. The van der Waals surface area contributed by atoms with Crippen LogP contribution in [-0.2, 0) is 0 Å². The molecular weight excluding hydrogens is 150 g/mol.